The van der Waals surface area contributed by atoms with Crippen LogP contribution in [0, 0.1) is 12.8 Å². The van der Waals surface area contributed by atoms with Crippen LogP contribution in [0.5, 0.6) is 0 Å². The number of amides is 1. The fourth-order valence-corrected chi connectivity index (χ4v) is 3.41. The van der Waals surface area contributed by atoms with Gasteiger partial charge in [0.05, 0.1) is 29.6 Å². The van der Waals surface area contributed by atoms with Crippen molar-refractivity contribution < 1.29 is 14.3 Å². The molecule has 0 aliphatic carbocycles. The number of nitrogens with zero attached hydrogens (tertiary/aromatic N) is 5. The molecule has 9 heteroatoms. The van der Waals surface area contributed by atoms with Crippen molar-refractivity contribution in [2.24, 2.45) is 11.0 Å². The molecule has 158 valence electrons. The van der Waals surface area contributed by atoms with Crippen LogP contribution in [0.4, 0.5) is 5.69 Å². The van der Waals surface area contributed by atoms with Gasteiger partial charge in [-0.3, -0.25) is 4.79 Å². The minimum Gasteiger partial charge on any atom is -0.461 e. The highest BCUT2D eigenvalue weighted by Gasteiger charge is 2.34. The summed E-state index contributed by atoms with van der Waals surface area (Å²) in [6.07, 6.45) is 0.329. The van der Waals surface area contributed by atoms with Gasteiger partial charge in [-0.25, -0.2) is 9.80 Å². The zero-order valence-electron chi connectivity index (χ0n) is 17.0. The lowest BCUT2D eigenvalue weighted by Gasteiger charge is -2.14. The first-order valence-corrected chi connectivity index (χ1v) is 10.1. The Bertz CT molecular complexity index is 1140. The van der Waals surface area contributed by atoms with Crippen molar-refractivity contribution in [3.8, 4) is 5.69 Å². The summed E-state index contributed by atoms with van der Waals surface area (Å²) in [4.78, 5) is 26.7. The van der Waals surface area contributed by atoms with Crippen LogP contribution in [0.25, 0.3) is 5.69 Å². The molecule has 0 saturated heterocycles. The Labute approximate surface area is 184 Å². The fraction of sp³-hybridized carbons (Fsp3) is 0.227. The third-order valence-electron chi connectivity index (χ3n) is 4.94. The first-order valence-electron chi connectivity index (χ1n) is 9.75. The summed E-state index contributed by atoms with van der Waals surface area (Å²) in [5.74, 6) is -1.19. The average molecular weight is 438 g/mol. The van der Waals surface area contributed by atoms with E-state index in [0.29, 0.717) is 28.5 Å². The molecular formula is C22H20ClN5O3. The van der Waals surface area contributed by atoms with Crippen molar-refractivity contribution in [2.75, 3.05) is 11.6 Å². The topological polar surface area (TPSA) is 89.7 Å². The smallest absolute Gasteiger partial charge is 0.360 e. The molecule has 0 bridgehead atoms. The Balaban J connectivity index is 1.37. The van der Waals surface area contributed by atoms with Gasteiger partial charge in [0, 0.05) is 10.7 Å². The van der Waals surface area contributed by atoms with Crippen LogP contribution in [0.15, 0.2) is 59.7 Å². The number of hydrogen-bond acceptors (Lipinski definition) is 6. The second kappa shape index (κ2) is 8.69. The molecule has 1 amide bonds. The summed E-state index contributed by atoms with van der Waals surface area (Å²) in [7, 11) is 0. The maximum atomic E-state index is 12.8. The molecule has 0 saturated carbocycles. The molecular weight excluding hydrogens is 418 g/mol. The number of para-hydroxylation sites is 1. The second-order valence-electron chi connectivity index (χ2n) is 7.10. The van der Waals surface area contributed by atoms with Gasteiger partial charge in [-0.2, -0.15) is 15.0 Å². The Morgan fingerprint density at radius 1 is 1.03 bits per heavy atom. The van der Waals surface area contributed by atoms with Crippen molar-refractivity contribution in [1.82, 2.24) is 15.0 Å². The molecule has 0 radical (unpaired) electrons. The van der Waals surface area contributed by atoms with E-state index < -0.39 is 11.9 Å². The number of hydrazone groups is 1. The molecule has 0 N–H and O–H groups in total. The molecule has 0 fully saturated rings. The molecule has 1 aliphatic rings. The number of hydrogen-bond donors (Lipinski definition) is 0. The van der Waals surface area contributed by atoms with Crippen LogP contribution in [0.2, 0.25) is 5.02 Å². The maximum absolute atomic E-state index is 12.8. The third kappa shape index (κ3) is 4.34. The van der Waals surface area contributed by atoms with Gasteiger partial charge in [0.25, 0.3) is 5.91 Å². The second-order valence-corrected chi connectivity index (χ2v) is 7.54. The molecule has 2 heterocycles. The molecule has 4 rings (SSSR count). The van der Waals surface area contributed by atoms with E-state index >= 15 is 0 Å². The molecule has 0 unspecified atom stereocenters. The summed E-state index contributed by atoms with van der Waals surface area (Å²) in [5.41, 5.74) is 2.67. The highest BCUT2D eigenvalue weighted by molar-refractivity contribution is 6.30. The standard InChI is InChI=1S/C22H20ClN5O3/c1-14-19(21(29)27(24-14)17-10-8-16(23)9-11-17)12-13-31-22(30)20-15(2)25-28(26-20)18-6-4-3-5-7-18/h3-11,19H,12-13H2,1-2H3/t19-/m1/s1. The predicted octanol–water partition coefficient (Wildman–Crippen LogP) is 3.81. The highest BCUT2D eigenvalue weighted by Crippen LogP contribution is 2.27. The molecule has 31 heavy (non-hydrogen) atoms. The highest BCUT2D eigenvalue weighted by atomic mass is 35.5. The van der Waals surface area contributed by atoms with Crippen LogP contribution in [-0.4, -0.2) is 39.2 Å². The van der Waals surface area contributed by atoms with E-state index in [1.165, 1.54) is 9.81 Å². The molecule has 1 atom stereocenters. The van der Waals surface area contributed by atoms with Gasteiger partial charge in [0.15, 0.2) is 5.69 Å². The summed E-state index contributed by atoms with van der Waals surface area (Å²) < 4.78 is 5.38. The first-order chi connectivity index (χ1) is 14.9. The fourth-order valence-electron chi connectivity index (χ4n) is 3.28. The number of ether oxygens (including phenoxy) is 1. The molecule has 8 nitrogen and oxygen atoms in total. The lowest BCUT2D eigenvalue weighted by atomic mass is 10.0. The van der Waals surface area contributed by atoms with Gasteiger partial charge in [-0.05, 0) is 56.7 Å². The van der Waals surface area contributed by atoms with E-state index in [-0.39, 0.29) is 18.2 Å². The van der Waals surface area contributed by atoms with Gasteiger partial charge in [0.2, 0.25) is 0 Å². The van der Waals surface area contributed by atoms with Crippen LogP contribution in [0.1, 0.15) is 29.5 Å². The number of rotatable bonds is 6. The monoisotopic (exact) mass is 437 g/mol. The van der Waals surface area contributed by atoms with E-state index in [1.807, 2.05) is 30.3 Å². The number of halogens is 1. The number of aromatic nitrogens is 3. The van der Waals surface area contributed by atoms with Crippen molar-refractivity contribution in [3.63, 3.8) is 0 Å². The lowest BCUT2D eigenvalue weighted by molar-refractivity contribution is -0.120. The predicted molar refractivity (Wildman–Crippen MR) is 117 cm³/mol. The number of aryl methyl sites for hydroxylation is 1. The number of anilines is 1. The van der Waals surface area contributed by atoms with Gasteiger partial charge in [-0.15, -0.1) is 5.10 Å². The summed E-state index contributed by atoms with van der Waals surface area (Å²) in [5, 5.41) is 14.8. The quantitative estimate of drug-likeness (QED) is 0.547. The average Bonchev–Trinajstić information content (AvgIpc) is 3.29. The Hall–Kier alpha value is -3.52. The molecule has 0 spiro atoms. The van der Waals surface area contributed by atoms with Gasteiger partial charge < -0.3 is 4.74 Å². The minimum absolute atomic E-state index is 0.0637. The van der Waals surface area contributed by atoms with Crippen LogP contribution >= 0.6 is 11.6 Å². The van der Waals surface area contributed by atoms with Crippen molar-refractivity contribution in [2.45, 2.75) is 20.3 Å². The van der Waals surface area contributed by atoms with Gasteiger partial charge in [0.1, 0.15) is 0 Å². The van der Waals surface area contributed by atoms with Crippen molar-refractivity contribution in [3.05, 3.63) is 71.0 Å². The van der Waals surface area contributed by atoms with Gasteiger partial charge >= 0.3 is 5.97 Å². The molecule has 1 aliphatic heterocycles. The molecule has 2 aromatic carbocycles. The SMILES string of the molecule is CC1=NN(c2ccc(Cl)cc2)C(=O)[C@@H]1CCOC(=O)c1nn(-c2ccccc2)nc1C. The van der Waals surface area contributed by atoms with E-state index in [1.54, 1.807) is 38.1 Å². The zero-order chi connectivity index (χ0) is 22.0. The van der Waals surface area contributed by atoms with Crippen LogP contribution in [0.3, 0.4) is 0 Å². The lowest BCUT2D eigenvalue weighted by Crippen LogP contribution is -2.28. The maximum Gasteiger partial charge on any atom is 0.360 e. The summed E-state index contributed by atoms with van der Waals surface area (Å²) in [6, 6.07) is 16.2. The number of carbonyl (C=O) groups is 2. The van der Waals surface area contributed by atoms with Gasteiger partial charge in [-0.1, -0.05) is 29.8 Å². The van der Waals surface area contributed by atoms with Crippen molar-refractivity contribution >= 4 is 34.9 Å². The molecule has 1 aromatic heterocycles. The van der Waals surface area contributed by atoms with E-state index in [2.05, 4.69) is 15.3 Å². The molecule has 3 aromatic rings. The van der Waals surface area contributed by atoms with Crippen LogP contribution < -0.4 is 5.01 Å². The first kappa shape index (κ1) is 20.7. The Morgan fingerprint density at radius 2 is 1.74 bits per heavy atom. The number of esters is 1. The van der Waals surface area contributed by atoms with E-state index in [0.717, 1.165) is 5.69 Å². The van der Waals surface area contributed by atoms with E-state index in [4.69, 9.17) is 16.3 Å². The Morgan fingerprint density at radius 3 is 2.45 bits per heavy atom. The Kier molecular flexibility index (Phi) is 5.81. The summed E-state index contributed by atoms with van der Waals surface area (Å²) >= 11 is 5.91. The normalized spacial score (nSPS) is 15.8. The van der Waals surface area contributed by atoms with Crippen molar-refractivity contribution in [1.29, 1.82) is 0 Å². The largest absolute Gasteiger partial charge is 0.461 e. The third-order valence-corrected chi connectivity index (χ3v) is 5.19. The number of carbonyl (C=O) groups excluding carboxylic acids is 2. The number of benzene rings is 2. The minimum atomic E-state index is -0.575. The zero-order valence-corrected chi connectivity index (χ0v) is 17.8. The van der Waals surface area contributed by atoms with Crippen LogP contribution in [-0.2, 0) is 9.53 Å². The summed E-state index contributed by atoms with van der Waals surface area (Å²) in [6.45, 7) is 3.55. The van der Waals surface area contributed by atoms with E-state index in [9.17, 15) is 9.59 Å².